The second kappa shape index (κ2) is 5.56. The standard InChI is InChI=1S/C11H14NO2S/c1-2-15(13,14)10-6-9-12-11-7-4-3-5-8-11/h2-5,7,12H,1,6,9-10H2. The number of benzene rings is 1. The fourth-order valence-electron chi connectivity index (χ4n) is 1.08. The first-order valence-corrected chi connectivity index (χ1v) is 6.41. The molecule has 0 aliphatic heterocycles. The van der Waals surface area contributed by atoms with Gasteiger partial charge >= 0.3 is 0 Å². The highest BCUT2D eigenvalue weighted by molar-refractivity contribution is 7.94. The molecule has 0 spiro atoms. The predicted molar refractivity (Wildman–Crippen MR) is 62.4 cm³/mol. The van der Waals surface area contributed by atoms with Crippen molar-refractivity contribution >= 4 is 15.5 Å². The summed E-state index contributed by atoms with van der Waals surface area (Å²) < 4.78 is 22.1. The molecule has 0 aliphatic carbocycles. The zero-order valence-corrected chi connectivity index (χ0v) is 9.26. The Morgan fingerprint density at radius 2 is 2.27 bits per heavy atom. The van der Waals surface area contributed by atoms with Gasteiger partial charge in [0, 0.05) is 23.7 Å². The van der Waals surface area contributed by atoms with Crippen molar-refractivity contribution in [2.24, 2.45) is 0 Å². The van der Waals surface area contributed by atoms with E-state index in [4.69, 9.17) is 0 Å². The van der Waals surface area contributed by atoms with Crippen molar-refractivity contribution in [1.29, 1.82) is 0 Å². The average molecular weight is 224 g/mol. The second-order valence-corrected chi connectivity index (χ2v) is 5.16. The van der Waals surface area contributed by atoms with E-state index < -0.39 is 9.84 Å². The molecule has 1 N–H and O–H groups in total. The molecule has 0 fully saturated rings. The molecule has 1 aromatic rings. The van der Waals surface area contributed by atoms with Gasteiger partial charge in [0.25, 0.3) is 0 Å². The Kier molecular flexibility index (Phi) is 4.37. The summed E-state index contributed by atoms with van der Waals surface area (Å²) in [6, 6.07) is 10.5. The van der Waals surface area contributed by atoms with Crippen LogP contribution in [0.15, 0.2) is 36.3 Å². The first-order valence-electron chi connectivity index (χ1n) is 4.70. The molecule has 1 radical (unpaired) electrons. The van der Waals surface area contributed by atoms with E-state index in [1.54, 1.807) is 0 Å². The molecule has 0 heterocycles. The minimum atomic E-state index is -3.06. The van der Waals surface area contributed by atoms with Gasteiger partial charge in [-0.05, 0) is 12.5 Å². The molecule has 3 nitrogen and oxygen atoms in total. The highest BCUT2D eigenvalue weighted by Gasteiger charge is 2.03. The lowest BCUT2D eigenvalue weighted by molar-refractivity contribution is 0.602. The molecule has 0 aliphatic rings. The summed E-state index contributed by atoms with van der Waals surface area (Å²) in [5.41, 5.74) is 0.883. The van der Waals surface area contributed by atoms with Crippen molar-refractivity contribution in [3.63, 3.8) is 0 Å². The minimum absolute atomic E-state index is 0.135. The van der Waals surface area contributed by atoms with Crippen LogP contribution < -0.4 is 5.32 Å². The van der Waals surface area contributed by atoms with Crippen LogP contribution in [0.4, 0.5) is 5.69 Å². The number of hydrogen-bond donors (Lipinski definition) is 1. The number of nitrogens with one attached hydrogen (secondary N) is 1. The Morgan fingerprint density at radius 1 is 1.47 bits per heavy atom. The average Bonchev–Trinajstić information content (AvgIpc) is 2.26. The van der Waals surface area contributed by atoms with E-state index in [0.717, 1.165) is 11.1 Å². The zero-order valence-electron chi connectivity index (χ0n) is 8.44. The van der Waals surface area contributed by atoms with Crippen LogP contribution in [0.3, 0.4) is 0 Å². The van der Waals surface area contributed by atoms with Gasteiger partial charge in [-0.2, -0.15) is 0 Å². The van der Waals surface area contributed by atoms with E-state index in [1.165, 1.54) is 0 Å². The summed E-state index contributed by atoms with van der Waals surface area (Å²) in [5.74, 6) is 0.135. The first-order chi connectivity index (χ1) is 7.14. The SMILES string of the molecule is C=CS(=O)(=O)CCCNc1[c]cccc1. The lowest BCUT2D eigenvalue weighted by Crippen LogP contribution is -2.08. The second-order valence-electron chi connectivity index (χ2n) is 3.09. The van der Waals surface area contributed by atoms with Crippen molar-refractivity contribution in [3.8, 4) is 0 Å². The van der Waals surface area contributed by atoms with Gasteiger partial charge in [-0.25, -0.2) is 8.42 Å². The molecule has 0 saturated heterocycles. The maximum absolute atomic E-state index is 11.1. The van der Waals surface area contributed by atoms with Crippen LogP contribution in [-0.2, 0) is 9.84 Å². The highest BCUT2D eigenvalue weighted by Crippen LogP contribution is 2.04. The van der Waals surface area contributed by atoms with E-state index >= 15 is 0 Å². The predicted octanol–water partition coefficient (Wildman–Crippen LogP) is 1.85. The van der Waals surface area contributed by atoms with Crippen LogP contribution in [0.25, 0.3) is 0 Å². The summed E-state index contributed by atoms with van der Waals surface area (Å²) in [6.07, 6.45) is 0.567. The summed E-state index contributed by atoms with van der Waals surface area (Å²) >= 11 is 0. The largest absolute Gasteiger partial charge is 0.385 e. The Labute approximate surface area is 90.7 Å². The third-order valence-corrected chi connectivity index (χ3v) is 3.25. The van der Waals surface area contributed by atoms with Gasteiger partial charge in [0.15, 0.2) is 9.84 Å². The van der Waals surface area contributed by atoms with Gasteiger partial charge in [0.2, 0.25) is 0 Å². The molecule has 81 valence electrons. The molecule has 0 aromatic heterocycles. The van der Waals surface area contributed by atoms with E-state index in [2.05, 4.69) is 18.0 Å². The van der Waals surface area contributed by atoms with Gasteiger partial charge < -0.3 is 5.32 Å². The van der Waals surface area contributed by atoms with Gasteiger partial charge in [0.05, 0.1) is 5.75 Å². The third kappa shape index (κ3) is 4.65. The lowest BCUT2D eigenvalue weighted by atomic mass is 10.3. The Morgan fingerprint density at radius 3 is 2.87 bits per heavy atom. The Hall–Kier alpha value is -1.29. The molecule has 0 amide bonds. The number of para-hydroxylation sites is 1. The quantitative estimate of drug-likeness (QED) is 0.750. The maximum atomic E-state index is 11.1. The number of anilines is 1. The Bertz CT molecular complexity index is 398. The summed E-state index contributed by atoms with van der Waals surface area (Å²) in [5, 5.41) is 4.09. The van der Waals surface area contributed by atoms with Crippen molar-refractivity contribution in [2.45, 2.75) is 6.42 Å². The Balaban J connectivity index is 2.26. The van der Waals surface area contributed by atoms with Crippen LogP contribution in [0.2, 0.25) is 0 Å². The zero-order chi connectivity index (χ0) is 11.1. The van der Waals surface area contributed by atoms with E-state index in [-0.39, 0.29) is 5.75 Å². The lowest BCUT2D eigenvalue weighted by Gasteiger charge is -2.04. The normalized spacial score (nSPS) is 10.9. The van der Waals surface area contributed by atoms with Gasteiger partial charge in [0.1, 0.15) is 0 Å². The highest BCUT2D eigenvalue weighted by atomic mass is 32.2. The third-order valence-electron chi connectivity index (χ3n) is 1.88. The topological polar surface area (TPSA) is 46.2 Å². The van der Waals surface area contributed by atoms with Crippen LogP contribution >= 0.6 is 0 Å². The van der Waals surface area contributed by atoms with Gasteiger partial charge in [-0.1, -0.05) is 24.8 Å². The maximum Gasteiger partial charge on any atom is 0.171 e. The van der Waals surface area contributed by atoms with E-state index in [9.17, 15) is 8.42 Å². The molecule has 0 saturated carbocycles. The van der Waals surface area contributed by atoms with Crippen LogP contribution in [0.5, 0.6) is 0 Å². The number of sulfone groups is 1. The van der Waals surface area contributed by atoms with E-state index in [1.807, 2.05) is 24.3 Å². The minimum Gasteiger partial charge on any atom is -0.385 e. The number of rotatable bonds is 6. The van der Waals surface area contributed by atoms with Crippen molar-refractivity contribution in [2.75, 3.05) is 17.6 Å². The molecule has 15 heavy (non-hydrogen) atoms. The van der Waals surface area contributed by atoms with Crippen molar-refractivity contribution in [3.05, 3.63) is 42.3 Å². The van der Waals surface area contributed by atoms with Gasteiger partial charge in [-0.15, -0.1) is 0 Å². The molecule has 0 atom stereocenters. The molecular weight excluding hydrogens is 210 g/mol. The first kappa shape index (κ1) is 11.8. The summed E-state index contributed by atoms with van der Waals surface area (Å²) in [4.78, 5) is 0. The molecule has 0 unspecified atom stereocenters. The number of hydrogen-bond acceptors (Lipinski definition) is 3. The fraction of sp³-hybridized carbons (Fsp3) is 0.273. The van der Waals surface area contributed by atoms with Crippen molar-refractivity contribution in [1.82, 2.24) is 0 Å². The fourth-order valence-corrected chi connectivity index (χ4v) is 1.80. The summed E-state index contributed by atoms with van der Waals surface area (Å²) in [6.45, 7) is 3.87. The van der Waals surface area contributed by atoms with Crippen LogP contribution in [-0.4, -0.2) is 20.7 Å². The van der Waals surface area contributed by atoms with Crippen molar-refractivity contribution < 1.29 is 8.42 Å². The van der Waals surface area contributed by atoms with Crippen LogP contribution in [0.1, 0.15) is 6.42 Å². The smallest absolute Gasteiger partial charge is 0.171 e. The molecule has 1 aromatic carbocycles. The molecule has 4 heteroatoms. The molecular formula is C11H14NO2S. The molecule has 0 bridgehead atoms. The molecule has 1 rings (SSSR count). The van der Waals surface area contributed by atoms with Crippen LogP contribution in [0, 0.1) is 6.07 Å². The van der Waals surface area contributed by atoms with Gasteiger partial charge in [-0.3, -0.25) is 0 Å². The monoisotopic (exact) mass is 224 g/mol. The summed E-state index contributed by atoms with van der Waals surface area (Å²) in [7, 11) is -3.06. The van der Waals surface area contributed by atoms with E-state index in [0.29, 0.717) is 13.0 Å².